The molecule has 0 saturated carbocycles. The number of amides is 1. The lowest BCUT2D eigenvalue weighted by atomic mass is 10.0. The Morgan fingerprint density at radius 2 is 1.96 bits per heavy atom. The SMILES string of the molecule is COC(=O)c1coc(CN(C(=O)c2ccccc2F)C(C)(C)C)n1. The fourth-order valence-corrected chi connectivity index (χ4v) is 2.11. The zero-order valence-electron chi connectivity index (χ0n) is 14.0. The molecule has 1 amide bonds. The van der Waals surface area contributed by atoms with Gasteiger partial charge in [0.1, 0.15) is 12.1 Å². The van der Waals surface area contributed by atoms with Crippen molar-refractivity contribution in [1.29, 1.82) is 0 Å². The molecular formula is C17H19FN2O4. The molecule has 0 atom stereocenters. The van der Waals surface area contributed by atoms with Crippen molar-refractivity contribution >= 4 is 11.9 Å². The van der Waals surface area contributed by atoms with Crippen LogP contribution in [0, 0.1) is 5.82 Å². The Hall–Kier alpha value is -2.70. The predicted molar refractivity (Wildman–Crippen MR) is 83.9 cm³/mol. The third kappa shape index (κ3) is 3.79. The number of methoxy groups -OCH3 is 1. The molecule has 1 aromatic heterocycles. The second-order valence-electron chi connectivity index (χ2n) is 6.16. The van der Waals surface area contributed by atoms with Crippen LogP contribution in [-0.4, -0.2) is 34.4 Å². The number of benzene rings is 1. The third-order valence-electron chi connectivity index (χ3n) is 3.40. The van der Waals surface area contributed by atoms with E-state index in [0.29, 0.717) is 0 Å². The van der Waals surface area contributed by atoms with Gasteiger partial charge in [-0.15, -0.1) is 0 Å². The Bertz CT molecular complexity index is 749. The summed E-state index contributed by atoms with van der Waals surface area (Å²) in [7, 11) is 1.24. The molecule has 0 aliphatic heterocycles. The van der Waals surface area contributed by atoms with Gasteiger partial charge in [0.15, 0.2) is 5.69 Å². The van der Waals surface area contributed by atoms with E-state index in [-0.39, 0.29) is 23.7 Å². The molecule has 128 valence electrons. The normalized spacial score (nSPS) is 11.2. The van der Waals surface area contributed by atoms with Crippen LogP contribution in [0.15, 0.2) is 34.9 Å². The number of oxazole rings is 1. The van der Waals surface area contributed by atoms with Crippen molar-refractivity contribution in [1.82, 2.24) is 9.88 Å². The Labute approximate surface area is 139 Å². The van der Waals surface area contributed by atoms with Crippen molar-refractivity contribution in [3.8, 4) is 0 Å². The molecular weight excluding hydrogens is 315 g/mol. The smallest absolute Gasteiger partial charge is 0.360 e. The van der Waals surface area contributed by atoms with E-state index >= 15 is 0 Å². The van der Waals surface area contributed by atoms with E-state index in [4.69, 9.17) is 4.42 Å². The first-order valence-corrected chi connectivity index (χ1v) is 7.33. The highest BCUT2D eigenvalue weighted by molar-refractivity contribution is 5.95. The maximum Gasteiger partial charge on any atom is 0.360 e. The number of carbonyl (C=O) groups excluding carboxylic acids is 2. The molecule has 1 heterocycles. The summed E-state index contributed by atoms with van der Waals surface area (Å²) in [6.45, 7) is 5.44. The molecule has 0 fully saturated rings. The summed E-state index contributed by atoms with van der Waals surface area (Å²) in [6.07, 6.45) is 1.16. The minimum Gasteiger partial charge on any atom is -0.464 e. The van der Waals surface area contributed by atoms with Crippen LogP contribution >= 0.6 is 0 Å². The summed E-state index contributed by atoms with van der Waals surface area (Å²) >= 11 is 0. The van der Waals surface area contributed by atoms with Crippen LogP contribution in [0.3, 0.4) is 0 Å². The molecule has 0 spiro atoms. The zero-order valence-corrected chi connectivity index (χ0v) is 14.0. The Morgan fingerprint density at radius 3 is 2.54 bits per heavy atom. The highest BCUT2D eigenvalue weighted by atomic mass is 19.1. The molecule has 7 heteroatoms. The van der Waals surface area contributed by atoms with Gasteiger partial charge in [-0.05, 0) is 32.9 Å². The minimum atomic E-state index is -0.632. The van der Waals surface area contributed by atoms with E-state index in [1.165, 1.54) is 30.2 Å². The van der Waals surface area contributed by atoms with Crippen molar-refractivity contribution in [2.24, 2.45) is 0 Å². The molecule has 0 radical (unpaired) electrons. The van der Waals surface area contributed by atoms with Crippen LogP contribution in [0.2, 0.25) is 0 Å². The first-order valence-electron chi connectivity index (χ1n) is 7.33. The second kappa shape index (κ2) is 6.82. The van der Waals surface area contributed by atoms with Crippen LogP contribution in [-0.2, 0) is 11.3 Å². The first kappa shape index (κ1) is 17.7. The van der Waals surface area contributed by atoms with Gasteiger partial charge >= 0.3 is 5.97 Å². The predicted octanol–water partition coefficient (Wildman–Crippen LogP) is 3.04. The average Bonchev–Trinajstić information content (AvgIpc) is 2.99. The molecule has 2 rings (SSSR count). The summed E-state index contributed by atoms with van der Waals surface area (Å²) in [4.78, 5) is 29.6. The first-order chi connectivity index (χ1) is 11.2. The van der Waals surface area contributed by atoms with E-state index in [2.05, 4.69) is 9.72 Å². The number of ether oxygens (including phenoxy) is 1. The summed E-state index contributed by atoms with van der Waals surface area (Å²) in [5, 5.41) is 0. The molecule has 24 heavy (non-hydrogen) atoms. The molecule has 0 N–H and O–H groups in total. The van der Waals surface area contributed by atoms with Crippen LogP contribution in [0.25, 0.3) is 0 Å². The van der Waals surface area contributed by atoms with E-state index in [0.717, 1.165) is 6.26 Å². The number of aromatic nitrogens is 1. The van der Waals surface area contributed by atoms with E-state index in [9.17, 15) is 14.0 Å². The Kier molecular flexibility index (Phi) is 5.02. The topological polar surface area (TPSA) is 72.6 Å². The van der Waals surface area contributed by atoms with Gasteiger partial charge in [-0.25, -0.2) is 14.2 Å². The van der Waals surface area contributed by atoms with E-state index < -0.39 is 23.2 Å². The number of hydrogen-bond donors (Lipinski definition) is 0. The average molecular weight is 334 g/mol. The van der Waals surface area contributed by atoms with Crippen LogP contribution in [0.4, 0.5) is 4.39 Å². The number of halogens is 1. The molecule has 0 saturated heterocycles. The molecule has 6 nitrogen and oxygen atoms in total. The van der Waals surface area contributed by atoms with Gasteiger partial charge in [-0.3, -0.25) is 4.79 Å². The highest BCUT2D eigenvalue weighted by Crippen LogP contribution is 2.22. The number of rotatable bonds is 4. The van der Waals surface area contributed by atoms with E-state index in [1.54, 1.807) is 6.07 Å². The minimum absolute atomic E-state index is 0.00629. The lowest BCUT2D eigenvalue weighted by Crippen LogP contribution is -2.45. The quantitative estimate of drug-likeness (QED) is 0.804. The number of nitrogens with zero attached hydrogens (tertiary/aromatic N) is 2. The van der Waals surface area contributed by atoms with Crippen molar-refractivity contribution in [2.75, 3.05) is 7.11 Å². The van der Waals surface area contributed by atoms with Crippen molar-refractivity contribution in [3.05, 3.63) is 53.5 Å². The summed E-state index contributed by atoms with van der Waals surface area (Å²) < 4.78 is 23.7. The van der Waals surface area contributed by atoms with Crippen LogP contribution in [0.1, 0.15) is 47.5 Å². The molecule has 0 aliphatic rings. The van der Waals surface area contributed by atoms with Crippen molar-refractivity contribution in [2.45, 2.75) is 32.9 Å². The largest absolute Gasteiger partial charge is 0.464 e. The van der Waals surface area contributed by atoms with Gasteiger partial charge in [0, 0.05) is 5.54 Å². The fraction of sp³-hybridized carbons (Fsp3) is 0.353. The highest BCUT2D eigenvalue weighted by Gasteiger charge is 2.30. The van der Waals surface area contributed by atoms with E-state index in [1.807, 2.05) is 20.8 Å². The molecule has 2 aromatic rings. The van der Waals surface area contributed by atoms with Gasteiger partial charge in [0.25, 0.3) is 5.91 Å². The van der Waals surface area contributed by atoms with Crippen molar-refractivity contribution in [3.63, 3.8) is 0 Å². The van der Waals surface area contributed by atoms with Gasteiger partial charge in [-0.1, -0.05) is 12.1 Å². The zero-order chi connectivity index (χ0) is 17.9. The standard InChI is InChI=1S/C17H19FN2O4/c1-17(2,3)20(15(21)11-7-5-6-8-12(11)18)9-14-19-13(10-24-14)16(22)23-4/h5-8,10H,9H2,1-4H3. The Morgan fingerprint density at radius 1 is 1.29 bits per heavy atom. The number of carbonyl (C=O) groups is 2. The number of hydrogen-bond acceptors (Lipinski definition) is 5. The molecule has 0 unspecified atom stereocenters. The fourth-order valence-electron chi connectivity index (χ4n) is 2.11. The maximum atomic E-state index is 13.9. The van der Waals surface area contributed by atoms with Crippen LogP contribution < -0.4 is 0 Å². The van der Waals surface area contributed by atoms with Gasteiger partial charge in [-0.2, -0.15) is 0 Å². The second-order valence-corrected chi connectivity index (χ2v) is 6.16. The van der Waals surface area contributed by atoms with Gasteiger partial charge < -0.3 is 14.1 Å². The summed E-state index contributed by atoms with van der Waals surface area (Å²) in [6, 6.07) is 5.77. The van der Waals surface area contributed by atoms with Gasteiger partial charge in [0.2, 0.25) is 5.89 Å². The van der Waals surface area contributed by atoms with Gasteiger partial charge in [0.05, 0.1) is 19.2 Å². The van der Waals surface area contributed by atoms with Crippen LogP contribution in [0.5, 0.6) is 0 Å². The number of esters is 1. The molecule has 1 aromatic carbocycles. The molecule has 0 bridgehead atoms. The monoisotopic (exact) mass is 334 g/mol. The summed E-state index contributed by atoms with van der Waals surface area (Å²) in [5.41, 5.74) is -0.633. The maximum absolute atomic E-state index is 13.9. The Balaban J connectivity index is 2.30. The van der Waals surface area contributed by atoms with Crippen molar-refractivity contribution < 1.29 is 23.1 Å². The summed E-state index contributed by atoms with van der Waals surface area (Å²) in [5.74, 6) is -1.56. The molecule has 0 aliphatic carbocycles. The lowest BCUT2D eigenvalue weighted by molar-refractivity contribution is 0.0528. The lowest BCUT2D eigenvalue weighted by Gasteiger charge is -2.34. The third-order valence-corrected chi connectivity index (χ3v) is 3.40.